The van der Waals surface area contributed by atoms with Crippen LogP contribution in [-0.4, -0.2) is 6.54 Å². The Morgan fingerprint density at radius 3 is 2.55 bits per heavy atom. The third kappa shape index (κ3) is 7.60. The molecular weight excluding hydrogens is 134 g/mol. The molecule has 2 N–H and O–H groups in total. The van der Waals surface area contributed by atoms with E-state index in [1.54, 1.807) is 0 Å². The summed E-state index contributed by atoms with van der Waals surface area (Å²) in [6, 6.07) is 0. The van der Waals surface area contributed by atoms with Crippen molar-refractivity contribution in [1.82, 2.24) is 0 Å². The van der Waals surface area contributed by atoms with E-state index in [1.165, 1.54) is 25.7 Å². The number of hydrogen-bond acceptors (Lipinski definition) is 1. The van der Waals surface area contributed by atoms with Gasteiger partial charge in [-0.1, -0.05) is 31.9 Å². The maximum absolute atomic E-state index is 5.39. The number of unbranched alkanes of at least 4 members (excludes halogenated alkanes) is 2. The number of nitrogens with two attached hydrogens (primary N) is 1. The molecule has 1 atom stereocenters. The summed E-state index contributed by atoms with van der Waals surface area (Å²) in [6.07, 6.45) is 9.50. The summed E-state index contributed by atoms with van der Waals surface area (Å²) in [4.78, 5) is 0. The Balaban J connectivity index is 3.10. The molecular formula is C10H21N. The van der Waals surface area contributed by atoms with Crippen LogP contribution in [0, 0.1) is 5.92 Å². The zero-order chi connectivity index (χ0) is 8.53. The summed E-state index contributed by atoms with van der Waals surface area (Å²) in [5, 5.41) is 0. The summed E-state index contributed by atoms with van der Waals surface area (Å²) in [5.41, 5.74) is 5.39. The second kappa shape index (κ2) is 7.80. The lowest BCUT2D eigenvalue weighted by Crippen LogP contribution is -1.98. The average Bonchev–Trinajstić information content (AvgIpc) is 1.99. The fraction of sp³-hybridized carbons (Fsp3) is 0.800. The van der Waals surface area contributed by atoms with Crippen molar-refractivity contribution in [2.45, 2.75) is 39.5 Å². The molecule has 11 heavy (non-hydrogen) atoms. The van der Waals surface area contributed by atoms with Gasteiger partial charge in [0, 0.05) is 0 Å². The fourth-order valence-corrected chi connectivity index (χ4v) is 1.21. The van der Waals surface area contributed by atoms with Crippen molar-refractivity contribution in [3.8, 4) is 0 Å². The van der Waals surface area contributed by atoms with Gasteiger partial charge >= 0.3 is 0 Å². The lowest BCUT2D eigenvalue weighted by Gasteiger charge is -2.04. The summed E-state index contributed by atoms with van der Waals surface area (Å²) in [7, 11) is 0. The van der Waals surface area contributed by atoms with E-state index in [4.69, 9.17) is 5.73 Å². The van der Waals surface area contributed by atoms with E-state index in [2.05, 4.69) is 26.0 Å². The molecule has 0 aromatic carbocycles. The first kappa shape index (κ1) is 10.7. The highest BCUT2D eigenvalue weighted by Crippen LogP contribution is 2.09. The molecule has 0 bridgehead atoms. The van der Waals surface area contributed by atoms with Crippen LogP contribution in [0.1, 0.15) is 39.5 Å². The maximum atomic E-state index is 5.39. The van der Waals surface area contributed by atoms with E-state index in [9.17, 15) is 0 Å². The molecule has 0 heterocycles. The molecule has 0 radical (unpaired) electrons. The zero-order valence-corrected chi connectivity index (χ0v) is 7.84. The Morgan fingerprint density at radius 1 is 1.27 bits per heavy atom. The first-order valence-corrected chi connectivity index (χ1v) is 4.64. The normalized spacial score (nSPS) is 14.1. The Bertz CT molecular complexity index is 97.0. The van der Waals surface area contributed by atoms with Crippen molar-refractivity contribution in [1.29, 1.82) is 0 Å². The third-order valence-electron chi connectivity index (χ3n) is 1.88. The zero-order valence-electron chi connectivity index (χ0n) is 7.84. The highest BCUT2D eigenvalue weighted by Gasteiger charge is 1.95. The van der Waals surface area contributed by atoms with Crippen LogP contribution in [0.5, 0.6) is 0 Å². The van der Waals surface area contributed by atoms with E-state index < -0.39 is 0 Å². The predicted octanol–water partition coefficient (Wildman–Crippen LogP) is 2.72. The minimum atomic E-state index is 0.748. The van der Waals surface area contributed by atoms with Crippen molar-refractivity contribution in [2.75, 3.05) is 6.54 Å². The van der Waals surface area contributed by atoms with Gasteiger partial charge in [0.15, 0.2) is 0 Å². The first-order valence-electron chi connectivity index (χ1n) is 4.64. The summed E-state index contributed by atoms with van der Waals surface area (Å²) < 4.78 is 0. The minimum absolute atomic E-state index is 0.748. The SMILES string of the molecule is C/C=C\[C@@H](C)CCCCCN. The number of hydrogen-bond donors (Lipinski definition) is 1. The number of allylic oxidation sites excluding steroid dienone is 2. The summed E-state index contributed by atoms with van der Waals surface area (Å²) in [5.74, 6) is 0.748. The van der Waals surface area contributed by atoms with Gasteiger partial charge in [0.1, 0.15) is 0 Å². The Morgan fingerprint density at radius 2 is 2.00 bits per heavy atom. The van der Waals surface area contributed by atoms with Crippen molar-refractivity contribution < 1.29 is 0 Å². The molecule has 0 fully saturated rings. The molecule has 0 aliphatic rings. The van der Waals surface area contributed by atoms with Gasteiger partial charge in [-0.3, -0.25) is 0 Å². The van der Waals surface area contributed by atoms with Crippen molar-refractivity contribution >= 4 is 0 Å². The minimum Gasteiger partial charge on any atom is -0.330 e. The molecule has 0 rings (SSSR count). The lowest BCUT2D eigenvalue weighted by atomic mass is 10.0. The van der Waals surface area contributed by atoms with Crippen LogP contribution in [0.3, 0.4) is 0 Å². The van der Waals surface area contributed by atoms with Gasteiger partial charge in [0.25, 0.3) is 0 Å². The van der Waals surface area contributed by atoms with Crippen LogP contribution in [0.2, 0.25) is 0 Å². The lowest BCUT2D eigenvalue weighted by molar-refractivity contribution is 0.567. The van der Waals surface area contributed by atoms with Crippen LogP contribution in [0.15, 0.2) is 12.2 Å². The first-order chi connectivity index (χ1) is 5.31. The standard InChI is InChI=1S/C10H21N/c1-3-7-10(2)8-5-4-6-9-11/h3,7,10H,4-6,8-9,11H2,1-2H3/b7-3-/t10-/m1/s1. The summed E-state index contributed by atoms with van der Waals surface area (Å²) in [6.45, 7) is 5.19. The molecule has 0 saturated carbocycles. The molecule has 0 spiro atoms. The second-order valence-electron chi connectivity index (χ2n) is 3.14. The molecule has 66 valence electrons. The molecule has 1 nitrogen and oxygen atoms in total. The van der Waals surface area contributed by atoms with Gasteiger partial charge in [0.2, 0.25) is 0 Å². The van der Waals surface area contributed by atoms with Crippen LogP contribution in [0.4, 0.5) is 0 Å². The predicted molar refractivity (Wildman–Crippen MR) is 51.5 cm³/mol. The van der Waals surface area contributed by atoms with E-state index in [1.807, 2.05) is 0 Å². The van der Waals surface area contributed by atoms with Crippen molar-refractivity contribution in [2.24, 2.45) is 11.7 Å². The quantitative estimate of drug-likeness (QED) is 0.463. The molecule has 0 unspecified atom stereocenters. The third-order valence-corrected chi connectivity index (χ3v) is 1.88. The van der Waals surface area contributed by atoms with Crippen molar-refractivity contribution in [3.63, 3.8) is 0 Å². The molecule has 0 aliphatic carbocycles. The van der Waals surface area contributed by atoms with Crippen molar-refractivity contribution in [3.05, 3.63) is 12.2 Å². The Labute approximate surface area is 70.7 Å². The second-order valence-corrected chi connectivity index (χ2v) is 3.14. The van der Waals surface area contributed by atoms with Gasteiger partial charge in [-0.25, -0.2) is 0 Å². The van der Waals surface area contributed by atoms with Gasteiger partial charge in [0.05, 0.1) is 0 Å². The van der Waals surface area contributed by atoms with Gasteiger partial charge in [-0.2, -0.15) is 0 Å². The highest BCUT2D eigenvalue weighted by molar-refractivity contribution is 4.82. The number of rotatable bonds is 6. The Hall–Kier alpha value is -0.300. The smallest absolute Gasteiger partial charge is 0.00773 e. The van der Waals surface area contributed by atoms with Crippen LogP contribution < -0.4 is 5.73 Å². The van der Waals surface area contributed by atoms with E-state index in [-0.39, 0.29) is 0 Å². The highest BCUT2D eigenvalue weighted by atomic mass is 14.5. The van der Waals surface area contributed by atoms with Gasteiger partial charge in [-0.05, 0) is 32.2 Å². The fourth-order valence-electron chi connectivity index (χ4n) is 1.21. The van der Waals surface area contributed by atoms with E-state index in [0.29, 0.717) is 0 Å². The largest absolute Gasteiger partial charge is 0.330 e. The monoisotopic (exact) mass is 155 g/mol. The van der Waals surface area contributed by atoms with Crippen LogP contribution in [0.25, 0.3) is 0 Å². The molecule has 0 amide bonds. The molecule has 1 heteroatoms. The topological polar surface area (TPSA) is 26.0 Å². The summed E-state index contributed by atoms with van der Waals surface area (Å²) >= 11 is 0. The van der Waals surface area contributed by atoms with Crippen LogP contribution in [-0.2, 0) is 0 Å². The molecule has 0 saturated heterocycles. The van der Waals surface area contributed by atoms with Crippen LogP contribution >= 0.6 is 0 Å². The average molecular weight is 155 g/mol. The van der Waals surface area contributed by atoms with Gasteiger partial charge < -0.3 is 5.73 Å². The Kier molecular flexibility index (Phi) is 7.59. The van der Waals surface area contributed by atoms with E-state index >= 15 is 0 Å². The van der Waals surface area contributed by atoms with Gasteiger partial charge in [-0.15, -0.1) is 0 Å². The maximum Gasteiger partial charge on any atom is -0.00773 e. The molecule has 0 aliphatic heterocycles. The molecule has 0 aromatic heterocycles. The van der Waals surface area contributed by atoms with E-state index in [0.717, 1.165) is 12.5 Å². The molecule has 0 aromatic rings.